The highest BCUT2D eigenvalue weighted by atomic mass is 79.9. The minimum Gasteiger partial charge on any atom is -0.271 e. The molecule has 0 bridgehead atoms. The van der Waals surface area contributed by atoms with Crippen molar-refractivity contribution in [3.05, 3.63) is 68.4 Å². The van der Waals surface area contributed by atoms with Gasteiger partial charge in [0, 0.05) is 15.1 Å². The van der Waals surface area contributed by atoms with E-state index in [-0.39, 0.29) is 5.82 Å². The summed E-state index contributed by atoms with van der Waals surface area (Å²) in [7, 11) is 0. The van der Waals surface area contributed by atoms with E-state index in [4.69, 9.17) is 17.4 Å². The van der Waals surface area contributed by atoms with Crippen LogP contribution in [0.25, 0.3) is 0 Å². The van der Waals surface area contributed by atoms with E-state index in [2.05, 4.69) is 21.4 Å². The Morgan fingerprint density at radius 2 is 2.00 bits per heavy atom. The maximum atomic E-state index is 14.0. The largest absolute Gasteiger partial charge is 0.271 e. The van der Waals surface area contributed by atoms with Gasteiger partial charge in [0.05, 0.1) is 6.04 Å². The topological polar surface area (TPSA) is 38.0 Å². The van der Waals surface area contributed by atoms with E-state index in [0.29, 0.717) is 10.6 Å². The number of nitrogens with two attached hydrogens (primary N) is 1. The molecular weight excluding hydrogens is 331 g/mol. The van der Waals surface area contributed by atoms with Crippen LogP contribution in [0.4, 0.5) is 4.39 Å². The number of hydrogen-bond acceptors (Lipinski definition) is 2. The second-order valence-corrected chi connectivity index (χ2v) is 5.51. The smallest absolute Gasteiger partial charge is 0.129 e. The number of hydrazine groups is 1. The minimum atomic E-state index is -0.422. The predicted molar refractivity (Wildman–Crippen MR) is 79.5 cm³/mol. The van der Waals surface area contributed by atoms with Crippen molar-refractivity contribution >= 4 is 27.5 Å². The van der Waals surface area contributed by atoms with Crippen LogP contribution in [0.5, 0.6) is 0 Å². The van der Waals surface area contributed by atoms with Crippen molar-refractivity contribution in [2.75, 3.05) is 0 Å². The van der Waals surface area contributed by atoms with Crippen LogP contribution in [0.3, 0.4) is 0 Å². The molecule has 19 heavy (non-hydrogen) atoms. The van der Waals surface area contributed by atoms with Crippen molar-refractivity contribution < 1.29 is 4.39 Å². The van der Waals surface area contributed by atoms with Gasteiger partial charge in [-0.25, -0.2) is 9.82 Å². The molecule has 1 unspecified atom stereocenters. The Morgan fingerprint density at radius 1 is 1.26 bits per heavy atom. The van der Waals surface area contributed by atoms with Gasteiger partial charge in [0.25, 0.3) is 0 Å². The van der Waals surface area contributed by atoms with Crippen molar-refractivity contribution in [1.82, 2.24) is 5.43 Å². The van der Waals surface area contributed by atoms with Gasteiger partial charge in [-0.2, -0.15) is 0 Å². The Kier molecular flexibility index (Phi) is 4.58. The first-order valence-electron chi connectivity index (χ1n) is 5.70. The fourth-order valence-electron chi connectivity index (χ4n) is 2.02. The molecule has 0 amide bonds. The van der Waals surface area contributed by atoms with Gasteiger partial charge in [0.1, 0.15) is 5.82 Å². The van der Waals surface area contributed by atoms with Gasteiger partial charge >= 0.3 is 0 Å². The summed E-state index contributed by atoms with van der Waals surface area (Å²) in [6, 6.07) is 9.90. The Bertz CT molecular complexity index is 604. The molecule has 0 fully saturated rings. The molecule has 0 aliphatic rings. The van der Waals surface area contributed by atoms with Crippen LogP contribution in [0, 0.1) is 12.7 Å². The molecule has 2 aromatic rings. The van der Waals surface area contributed by atoms with E-state index in [1.165, 1.54) is 6.07 Å². The fraction of sp³-hybridized carbons (Fsp3) is 0.143. The highest BCUT2D eigenvalue weighted by Gasteiger charge is 2.19. The van der Waals surface area contributed by atoms with Crippen LogP contribution in [0.15, 0.2) is 40.9 Å². The summed E-state index contributed by atoms with van der Waals surface area (Å²) < 4.78 is 15.0. The SMILES string of the molecule is Cc1c(Br)cccc1C(NN)c1ccc(Cl)cc1F. The van der Waals surface area contributed by atoms with Crippen molar-refractivity contribution in [3.8, 4) is 0 Å². The number of benzene rings is 2. The van der Waals surface area contributed by atoms with Crippen LogP contribution in [0.1, 0.15) is 22.7 Å². The zero-order valence-corrected chi connectivity index (χ0v) is 12.6. The quantitative estimate of drug-likeness (QED) is 0.650. The van der Waals surface area contributed by atoms with Gasteiger partial charge < -0.3 is 0 Å². The molecular formula is C14H13BrClFN2. The van der Waals surface area contributed by atoms with Gasteiger partial charge in [-0.15, -0.1) is 0 Å². The molecule has 0 heterocycles. The lowest BCUT2D eigenvalue weighted by Gasteiger charge is -2.20. The van der Waals surface area contributed by atoms with E-state index in [1.807, 2.05) is 25.1 Å². The summed E-state index contributed by atoms with van der Waals surface area (Å²) in [5.74, 6) is 5.22. The zero-order valence-electron chi connectivity index (χ0n) is 10.3. The normalized spacial score (nSPS) is 12.5. The summed E-state index contributed by atoms with van der Waals surface area (Å²) in [5.41, 5.74) is 5.05. The van der Waals surface area contributed by atoms with Gasteiger partial charge in [-0.05, 0) is 36.2 Å². The predicted octanol–water partition coefficient (Wildman–Crippen LogP) is 4.10. The van der Waals surface area contributed by atoms with Crippen LogP contribution in [0.2, 0.25) is 5.02 Å². The minimum absolute atomic E-state index is 0.364. The highest BCUT2D eigenvalue weighted by molar-refractivity contribution is 9.10. The van der Waals surface area contributed by atoms with E-state index in [9.17, 15) is 4.39 Å². The van der Waals surface area contributed by atoms with E-state index in [1.54, 1.807) is 12.1 Å². The van der Waals surface area contributed by atoms with Crippen molar-refractivity contribution in [1.29, 1.82) is 0 Å². The third kappa shape index (κ3) is 2.98. The van der Waals surface area contributed by atoms with Crippen molar-refractivity contribution in [2.24, 2.45) is 5.84 Å². The first-order chi connectivity index (χ1) is 9.04. The van der Waals surface area contributed by atoms with Gasteiger partial charge in [0.2, 0.25) is 0 Å². The standard InChI is InChI=1S/C14H13BrClFN2/c1-8-10(3-2-4-12(8)15)14(19-18)11-6-5-9(16)7-13(11)17/h2-7,14,19H,18H2,1H3. The molecule has 0 aromatic heterocycles. The first kappa shape index (κ1) is 14.5. The van der Waals surface area contributed by atoms with Gasteiger partial charge in [0.15, 0.2) is 0 Å². The Hall–Kier alpha value is -0.940. The average molecular weight is 344 g/mol. The molecule has 2 nitrogen and oxygen atoms in total. The number of rotatable bonds is 3. The maximum Gasteiger partial charge on any atom is 0.129 e. The van der Waals surface area contributed by atoms with Gasteiger partial charge in [-0.1, -0.05) is 45.7 Å². The van der Waals surface area contributed by atoms with E-state index in [0.717, 1.165) is 15.6 Å². The molecule has 0 aliphatic carbocycles. The van der Waals surface area contributed by atoms with Crippen LogP contribution in [-0.2, 0) is 0 Å². The maximum absolute atomic E-state index is 14.0. The third-order valence-electron chi connectivity index (χ3n) is 3.06. The second kappa shape index (κ2) is 6.01. The van der Waals surface area contributed by atoms with E-state index >= 15 is 0 Å². The summed E-state index contributed by atoms with van der Waals surface area (Å²) in [5, 5.41) is 0.364. The van der Waals surface area contributed by atoms with Crippen LogP contribution < -0.4 is 11.3 Å². The van der Waals surface area contributed by atoms with Crippen LogP contribution >= 0.6 is 27.5 Å². The van der Waals surface area contributed by atoms with Crippen molar-refractivity contribution in [3.63, 3.8) is 0 Å². The molecule has 0 aliphatic heterocycles. The molecule has 0 radical (unpaired) electrons. The molecule has 0 saturated carbocycles. The molecule has 2 rings (SSSR count). The summed E-state index contributed by atoms with van der Waals surface area (Å²) in [6.45, 7) is 1.96. The number of nitrogens with one attached hydrogen (secondary N) is 1. The zero-order chi connectivity index (χ0) is 14.0. The fourth-order valence-corrected chi connectivity index (χ4v) is 2.56. The third-order valence-corrected chi connectivity index (χ3v) is 4.15. The molecule has 0 saturated heterocycles. The average Bonchev–Trinajstić information content (AvgIpc) is 2.37. The number of hydrogen-bond donors (Lipinski definition) is 2. The Morgan fingerprint density at radius 3 is 2.63 bits per heavy atom. The molecule has 100 valence electrons. The van der Waals surface area contributed by atoms with Gasteiger partial charge in [-0.3, -0.25) is 5.84 Å². The molecule has 3 N–H and O–H groups in total. The summed E-state index contributed by atoms with van der Waals surface area (Å²) in [6.07, 6.45) is 0. The molecule has 5 heteroatoms. The van der Waals surface area contributed by atoms with Crippen LogP contribution in [-0.4, -0.2) is 0 Å². The van der Waals surface area contributed by atoms with E-state index < -0.39 is 6.04 Å². The lowest BCUT2D eigenvalue weighted by molar-refractivity contribution is 0.559. The number of halogens is 3. The monoisotopic (exact) mass is 342 g/mol. The second-order valence-electron chi connectivity index (χ2n) is 4.22. The lowest BCUT2D eigenvalue weighted by atomic mass is 9.95. The Balaban J connectivity index is 2.53. The van der Waals surface area contributed by atoms with Crippen molar-refractivity contribution in [2.45, 2.75) is 13.0 Å². The summed E-state index contributed by atoms with van der Waals surface area (Å²) in [4.78, 5) is 0. The summed E-state index contributed by atoms with van der Waals surface area (Å²) >= 11 is 9.23. The first-order valence-corrected chi connectivity index (χ1v) is 6.87. The Labute approximate surface area is 124 Å². The molecule has 0 spiro atoms. The molecule has 2 aromatic carbocycles. The highest BCUT2D eigenvalue weighted by Crippen LogP contribution is 2.30. The lowest BCUT2D eigenvalue weighted by Crippen LogP contribution is -2.30. The molecule has 1 atom stereocenters.